The van der Waals surface area contributed by atoms with Crippen molar-refractivity contribution in [1.82, 2.24) is 15.1 Å². The van der Waals surface area contributed by atoms with Gasteiger partial charge in [-0.3, -0.25) is 9.59 Å². The van der Waals surface area contributed by atoms with Gasteiger partial charge in [0, 0.05) is 38.6 Å². The maximum atomic E-state index is 12.1. The van der Waals surface area contributed by atoms with E-state index in [2.05, 4.69) is 5.32 Å². The lowest BCUT2D eigenvalue weighted by Crippen LogP contribution is -2.51. The Balaban J connectivity index is 2.55. The summed E-state index contributed by atoms with van der Waals surface area (Å²) in [5.74, 6) is -0.938. The Morgan fingerprint density at radius 1 is 1.10 bits per heavy atom. The molecule has 1 aliphatic rings. The van der Waals surface area contributed by atoms with Crippen molar-refractivity contribution in [2.45, 2.75) is 39.2 Å². The minimum atomic E-state index is -0.950. The first-order valence-electron chi connectivity index (χ1n) is 6.76. The van der Waals surface area contributed by atoms with Crippen LogP contribution in [0.4, 0.5) is 4.79 Å². The molecule has 0 radical (unpaired) electrons. The molecule has 0 aromatic carbocycles. The van der Waals surface area contributed by atoms with Crippen LogP contribution in [0.1, 0.15) is 33.6 Å². The number of carbonyl (C=O) groups is 3. The fraction of sp³-hybridized carbons (Fsp3) is 0.769. The van der Waals surface area contributed by atoms with Crippen LogP contribution in [0.15, 0.2) is 0 Å². The highest BCUT2D eigenvalue weighted by molar-refractivity contribution is 5.77. The predicted molar refractivity (Wildman–Crippen MR) is 73.3 cm³/mol. The molecule has 114 valence electrons. The van der Waals surface area contributed by atoms with Gasteiger partial charge < -0.3 is 20.2 Å². The minimum absolute atomic E-state index is 0.0125. The molecule has 0 saturated carbocycles. The third kappa shape index (κ3) is 5.07. The number of nitrogens with one attached hydrogen (secondary N) is 1. The van der Waals surface area contributed by atoms with E-state index in [1.165, 1.54) is 6.92 Å². The van der Waals surface area contributed by atoms with Crippen molar-refractivity contribution in [2.75, 3.05) is 26.2 Å². The van der Waals surface area contributed by atoms with Gasteiger partial charge in [0.2, 0.25) is 5.91 Å². The summed E-state index contributed by atoms with van der Waals surface area (Å²) in [4.78, 5) is 37.5. The molecule has 1 saturated heterocycles. The first-order valence-corrected chi connectivity index (χ1v) is 6.76. The average Bonchev–Trinajstić information content (AvgIpc) is 2.51. The summed E-state index contributed by atoms with van der Waals surface area (Å²) in [6.45, 7) is 7.08. The number of rotatable bonds is 3. The molecule has 7 heteroatoms. The van der Waals surface area contributed by atoms with Crippen molar-refractivity contribution in [3.05, 3.63) is 0 Å². The summed E-state index contributed by atoms with van der Waals surface area (Å²) >= 11 is 0. The second-order valence-electron chi connectivity index (χ2n) is 5.73. The van der Waals surface area contributed by atoms with Gasteiger partial charge in [-0.05, 0) is 20.3 Å². The van der Waals surface area contributed by atoms with Crippen LogP contribution < -0.4 is 5.32 Å². The summed E-state index contributed by atoms with van der Waals surface area (Å²) < 4.78 is 0. The molecule has 0 aromatic heterocycles. The largest absolute Gasteiger partial charge is 0.481 e. The number of amides is 3. The Morgan fingerprint density at radius 3 is 2.20 bits per heavy atom. The molecule has 0 bridgehead atoms. The average molecular weight is 285 g/mol. The Morgan fingerprint density at radius 2 is 1.65 bits per heavy atom. The van der Waals surface area contributed by atoms with Crippen LogP contribution in [0, 0.1) is 0 Å². The summed E-state index contributed by atoms with van der Waals surface area (Å²) in [7, 11) is 0. The number of hydrogen-bond donors (Lipinski definition) is 2. The third-order valence-corrected chi connectivity index (χ3v) is 3.27. The van der Waals surface area contributed by atoms with E-state index in [0.29, 0.717) is 26.2 Å². The first kappa shape index (κ1) is 16.3. The second-order valence-corrected chi connectivity index (χ2v) is 5.73. The van der Waals surface area contributed by atoms with Crippen molar-refractivity contribution in [2.24, 2.45) is 0 Å². The van der Waals surface area contributed by atoms with E-state index in [9.17, 15) is 14.4 Å². The maximum absolute atomic E-state index is 12.1. The van der Waals surface area contributed by atoms with Gasteiger partial charge in [-0.2, -0.15) is 0 Å². The first-order chi connectivity index (χ1) is 9.21. The van der Waals surface area contributed by atoms with Crippen molar-refractivity contribution in [3.63, 3.8) is 0 Å². The third-order valence-electron chi connectivity index (χ3n) is 3.27. The molecule has 1 aliphatic heterocycles. The molecule has 0 aliphatic carbocycles. The van der Waals surface area contributed by atoms with E-state index in [1.54, 1.807) is 23.6 Å². The SMILES string of the molecule is CC(=O)N1CCCN(C(=O)NC(C)(C)CC(=O)O)CC1. The monoisotopic (exact) mass is 285 g/mol. The van der Waals surface area contributed by atoms with Gasteiger partial charge >= 0.3 is 12.0 Å². The molecular weight excluding hydrogens is 262 g/mol. The fourth-order valence-electron chi connectivity index (χ4n) is 2.23. The quantitative estimate of drug-likeness (QED) is 0.790. The Kier molecular flexibility index (Phi) is 5.35. The zero-order valence-corrected chi connectivity index (χ0v) is 12.3. The van der Waals surface area contributed by atoms with E-state index in [4.69, 9.17) is 5.11 Å². The molecule has 0 spiro atoms. The Labute approximate surface area is 118 Å². The number of hydrogen-bond acceptors (Lipinski definition) is 3. The number of nitrogens with zero attached hydrogens (tertiary/aromatic N) is 2. The zero-order chi connectivity index (χ0) is 15.3. The van der Waals surface area contributed by atoms with Crippen molar-refractivity contribution in [1.29, 1.82) is 0 Å². The number of urea groups is 1. The number of carboxylic acids is 1. The molecular formula is C13H23N3O4. The standard InChI is InChI=1S/C13H23N3O4/c1-10(17)15-5-4-6-16(8-7-15)12(20)14-13(2,3)9-11(18)19/h4-9H2,1-3H3,(H,14,20)(H,18,19). The van der Waals surface area contributed by atoms with Crippen LogP contribution in [-0.2, 0) is 9.59 Å². The number of carboxylic acid groups (broad SMARTS) is 1. The molecule has 1 fully saturated rings. The van der Waals surface area contributed by atoms with Crippen molar-refractivity contribution < 1.29 is 19.5 Å². The lowest BCUT2D eigenvalue weighted by molar-refractivity contribution is -0.138. The molecule has 1 heterocycles. The van der Waals surface area contributed by atoms with Crippen LogP contribution in [0.2, 0.25) is 0 Å². The van der Waals surface area contributed by atoms with E-state index < -0.39 is 11.5 Å². The van der Waals surface area contributed by atoms with E-state index in [1.807, 2.05) is 0 Å². The van der Waals surface area contributed by atoms with Gasteiger partial charge in [-0.15, -0.1) is 0 Å². The summed E-state index contributed by atoms with van der Waals surface area (Å²) in [5.41, 5.74) is -0.796. The minimum Gasteiger partial charge on any atom is -0.481 e. The molecule has 0 aromatic rings. The highest BCUT2D eigenvalue weighted by Gasteiger charge is 2.27. The van der Waals surface area contributed by atoms with E-state index >= 15 is 0 Å². The van der Waals surface area contributed by atoms with Crippen LogP contribution >= 0.6 is 0 Å². The fourth-order valence-corrected chi connectivity index (χ4v) is 2.23. The second kappa shape index (κ2) is 6.58. The molecule has 1 rings (SSSR count). The normalized spacial score (nSPS) is 16.6. The topological polar surface area (TPSA) is 90.0 Å². The molecule has 0 unspecified atom stereocenters. The van der Waals surface area contributed by atoms with Crippen LogP contribution in [0.25, 0.3) is 0 Å². The highest BCUT2D eigenvalue weighted by Crippen LogP contribution is 2.10. The lowest BCUT2D eigenvalue weighted by Gasteiger charge is -2.29. The van der Waals surface area contributed by atoms with Gasteiger partial charge in [0.25, 0.3) is 0 Å². The summed E-state index contributed by atoms with van der Waals surface area (Å²) in [5, 5.41) is 11.5. The van der Waals surface area contributed by atoms with Gasteiger partial charge in [0.1, 0.15) is 0 Å². The Bertz CT molecular complexity index is 395. The Hall–Kier alpha value is -1.79. The van der Waals surface area contributed by atoms with Gasteiger partial charge in [0.05, 0.1) is 6.42 Å². The molecule has 3 amide bonds. The predicted octanol–water partition coefficient (Wildman–Crippen LogP) is 0.504. The van der Waals surface area contributed by atoms with E-state index in [-0.39, 0.29) is 18.4 Å². The lowest BCUT2D eigenvalue weighted by atomic mass is 10.0. The van der Waals surface area contributed by atoms with Crippen LogP contribution in [0.5, 0.6) is 0 Å². The van der Waals surface area contributed by atoms with Gasteiger partial charge in [-0.1, -0.05) is 0 Å². The molecule has 20 heavy (non-hydrogen) atoms. The highest BCUT2D eigenvalue weighted by atomic mass is 16.4. The zero-order valence-electron chi connectivity index (χ0n) is 12.3. The smallest absolute Gasteiger partial charge is 0.317 e. The summed E-state index contributed by atoms with van der Waals surface area (Å²) in [6, 6.07) is -0.276. The number of carbonyl (C=O) groups excluding carboxylic acids is 2. The van der Waals surface area contributed by atoms with Gasteiger partial charge in [0.15, 0.2) is 0 Å². The van der Waals surface area contributed by atoms with Crippen LogP contribution in [-0.4, -0.2) is 64.5 Å². The van der Waals surface area contributed by atoms with E-state index in [0.717, 1.165) is 6.42 Å². The van der Waals surface area contributed by atoms with Crippen LogP contribution in [0.3, 0.4) is 0 Å². The van der Waals surface area contributed by atoms with Crippen molar-refractivity contribution in [3.8, 4) is 0 Å². The maximum Gasteiger partial charge on any atom is 0.317 e. The number of aliphatic carboxylic acids is 1. The van der Waals surface area contributed by atoms with Gasteiger partial charge in [-0.25, -0.2) is 4.79 Å². The molecule has 0 atom stereocenters. The molecule has 7 nitrogen and oxygen atoms in total. The van der Waals surface area contributed by atoms with Crippen molar-refractivity contribution >= 4 is 17.9 Å². The molecule has 2 N–H and O–H groups in total. The summed E-state index contributed by atoms with van der Waals surface area (Å²) in [6.07, 6.45) is 0.596.